The number of carboxylic acids is 1. The summed E-state index contributed by atoms with van der Waals surface area (Å²) in [6, 6.07) is 10.1. The Bertz CT molecular complexity index is 1040. The van der Waals surface area contributed by atoms with Crippen molar-refractivity contribution in [3.63, 3.8) is 0 Å². The largest absolute Gasteiger partial charge is 0.481 e. The number of aromatic nitrogens is 3. The van der Waals surface area contributed by atoms with E-state index in [-0.39, 0.29) is 6.04 Å². The number of nitrogens with one attached hydrogen (secondary N) is 1. The summed E-state index contributed by atoms with van der Waals surface area (Å²) in [5.41, 5.74) is 2.24. The van der Waals surface area contributed by atoms with Crippen molar-refractivity contribution in [1.29, 1.82) is 0 Å². The molecule has 0 saturated heterocycles. The molecule has 1 unspecified atom stereocenters. The highest BCUT2D eigenvalue weighted by Crippen LogP contribution is 2.51. The van der Waals surface area contributed by atoms with Gasteiger partial charge >= 0.3 is 5.97 Å². The molecule has 1 aliphatic rings. The number of rotatable bonds is 8. The summed E-state index contributed by atoms with van der Waals surface area (Å²) in [6.07, 6.45) is 6.90. The summed E-state index contributed by atoms with van der Waals surface area (Å²) in [6.45, 7) is 2.94. The molecule has 1 fully saturated rings. The minimum absolute atomic E-state index is 0.116. The Kier molecular flexibility index (Phi) is 5.47. The molecule has 0 bridgehead atoms. The van der Waals surface area contributed by atoms with Crippen molar-refractivity contribution in [2.75, 3.05) is 19.4 Å². The minimum atomic E-state index is -0.701. The second kappa shape index (κ2) is 8.07. The molecule has 0 spiro atoms. The van der Waals surface area contributed by atoms with Gasteiger partial charge in [-0.2, -0.15) is 4.98 Å². The van der Waals surface area contributed by atoms with Gasteiger partial charge in [0.15, 0.2) is 0 Å². The molecule has 0 amide bonds. The van der Waals surface area contributed by atoms with Crippen molar-refractivity contribution < 1.29 is 9.90 Å². The SMILES string of the molecule is CCC(n1ccc2cnc(Nc3ccc(CN(C)C)cc3)nc21)C1(C(=O)O)CCC1. The molecular formula is C23H29N5O2. The number of aliphatic carboxylic acids is 1. The van der Waals surface area contributed by atoms with E-state index in [0.29, 0.717) is 5.95 Å². The molecule has 4 rings (SSSR count). The van der Waals surface area contributed by atoms with Gasteiger partial charge in [-0.3, -0.25) is 4.79 Å². The lowest BCUT2D eigenvalue weighted by Crippen LogP contribution is -2.45. The molecular weight excluding hydrogens is 378 g/mol. The van der Waals surface area contributed by atoms with Gasteiger partial charge in [0.25, 0.3) is 0 Å². The van der Waals surface area contributed by atoms with E-state index >= 15 is 0 Å². The summed E-state index contributed by atoms with van der Waals surface area (Å²) in [5, 5.41) is 14.1. The summed E-state index contributed by atoms with van der Waals surface area (Å²) >= 11 is 0. The van der Waals surface area contributed by atoms with Gasteiger partial charge < -0.3 is 19.9 Å². The molecule has 2 aromatic heterocycles. The maximum Gasteiger partial charge on any atom is 0.311 e. The highest BCUT2D eigenvalue weighted by molar-refractivity contribution is 5.79. The van der Waals surface area contributed by atoms with E-state index < -0.39 is 11.4 Å². The van der Waals surface area contributed by atoms with Crippen LogP contribution in [0.15, 0.2) is 42.7 Å². The first-order valence-corrected chi connectivity index (χ1v) is 10.5. The van der Waals surface area contributed by atoms with Gasteiger partial charge in [0.2, 0.25) is 5.95 Å². The molecule has 7 nitrogen and oxygen atoms in total. The molecule has 1 aliphatic carbocycles. The fourth-order valence-electron chi connectivity index (χ4n) is 4.54. The van der Waals surface area contributed by atoms with Crippen LogP contribution in [0.25, 0.3) is 11.0 Å². The monoisotopic (exact) mass is 407 g/mol. The van der Waals surface area contributed by atoms with Crippen LogP contribution in [0.3, 0.4) is 0 Å². The van der Waals surface area contributed by atoms with Crippen LogP contribution in [-0.4, -0.2) is 44.6 Å². The van der Waals surface area contributed by atoms with Crippen LogP contribution in [0.1, 0.15) is 44.2 Å². The Labute approximate surface area is 176 Å². The standard InChI is InChI=1S/C23H29N5O2/c1-4-19(23(21(29)30)11-5-12-23)28-13-10-17-14-24-22(26-20(17)28)25-18-8-6-16(7-9-18)15-27(2)3/h6-10,13-14,19H,4-5,11-12,15H2,1-3H3,(H,29,30)(H,24,25,26). The van der Waals surface area contributed by atoms with Crippen molar-refractivity contribution in [2.24, 2.45) is 5.41 Å². The van der Waals surface area contributed by atoms with Crippen LogP contribution in [0.2, 0.25) is 0 Å². The Morgan fingerprint density at radius 2 is 2.00 bits per heavy atom. The zero-order valence-electron chi connectivity index (χ0n) is 17.8. The number of benzene rings is 1. The summed E-state index contributed by atoms with van der Waals surface area (Å²) < 4.78 is 2.04. The van der Waals surface area contributed by atoms with Crippen LogP contribution in [0.5, 0.6) is 0 Å². The molecule has 3 aromatic rings. The van der Waals surface area contributed by atoms with Gasteiger partial charge in [0, 0.05) is 30.0 Å². The first kappa shape index (κ1) is 20.3. The van der Waals surface area contributed by atoms with Crippen molar-refractivity contribution in [1.82, 2.24) is 19.4 Å². The molecule has 30 heavy (non-hydrogen) atoms. The number of carbonyl (C=O) groups is 1. The van der Waals surface area contributed by atoms with Gasteiger partial charge in [-0.05, 0) is 57.1 Å². The lowest BCUT2D eigenvalue weighted by molar-refractivity contribution is -0.159. The van der Waals surface area contributed by atoms with E-state index in [0.717, 1.165) is 48.9 Å². The van der Waals surface area contributed by atoms with Crippen molar-refractivity contribution in [3.8, 4) is 0 Å². The van der Waals surface area contributed by atoms with E-state index in [4.69, 9.17) is 4.98 Å². The number of fused-ring (bicyclic) bond motifs is 1. The molecule has 7 heteroatoms. The van der Waals surface area contributed by atoms with Crippen LogP contribution in [0, 0.1) is 5.41 Å². The number of carboxylic acid groups (broad SMARTS) is 1. The Hall–Kier alpha value is -2.93. The molecule has 0 radical (unpaired) electrons. The molecule has 2 heterocycles. The second-order valence-electron chi connectivity index (χ2n) is 8.49. The lowest BCUT2D eigenvalue weighted by Gasteiger charge is -2.44. The van der Waals surface area contributed by atoms with E-state index in [9.17, 15) is 9.90 Å². The summed E-state index contributed by atoms with van der Waals surface area (Å²) in [7, 11) is 4.10. The quantitative estimate of drug-likeness (QED) is 0.574. The third-order valence-corrected chi connectivity index (χ3v) is 6.20. The average molecular weight is 408 g/mol. The van der Waals surface area contributed by atoms with Crippen molar-refractivity contribution in [2.45, 2.75) is 45.2 Å². The normalized spacial score (nSPS) is 16.4. The topological polar surface area (TPSA) is 83.3 Å². The fourth-order valence-corrected chi connectivity index (χ4v) is 4.54. The third-order valence-electron chi connectivity index (χ3n) is 6.20. The zero-order chi connectivity index (χ0) is 21.3. The highest BCUT2D eigenvalue weighted by atomic mass is 16.4. The van der Waals surface area contributed by atoms with E-state index in [2.05, 4.69) is 34.3 Å². The lowest BCUT2D eigenvalue weighted by atomic mass is 9.63. The molecule has 2 N–H and O–H groups in total. The maximum atomic E-state index is 12.1. The third kappa shape index (κ3) is 3.65. The van der Waals surface area contributed by atoms with Crippen LogP contribution in [-0.2, 0) is 11.3 Å². The second-order valence-corrected chi connectivity index (χ2v) is 8.49. The average Bonchev–Trinajstić information content (AvgIpc) is 3.08. The zero-order valence-corrected chi connectivity index (χ0v) is 17.8. The van der Waals surface area contributed by atoms with Gasteiger partial charge in [0.05, 0.1) is 11.5 Å². The van der Waals surface area contributed by atoms with Crippen LogP contribution >= 0.6 is 0 Å². The van der Waals surface area contributed by atoms with Crippen LogP contribution in [0.4, 0.5) is 11.6 Å². The molecule has 1 saturated carbocycles. The predicted octanol–water partition coefficient (Wildman–Crippen LogP) is 4.44. The number of hydrogen-bond donors (Lipinski definition) is 2. The number of hydrogen-bond acceptors (Lipinski definition) is 5. The first-order valence-electron chi connectivity index (χ1n) is 10.5. The highest BCUT2D eigenvalue weighted by Gasteiger charge is 2.51. The minimum Gasteiger partial charge on any atom is -0.481 e. The molecule has 1 aromatic carbocycles. The first-order chi connectivity index (χ1) is 14.4. The van der Waals surface area contributed by atoms with E-state index in [1.54, 1.807) is 6.20 Å². The van der Waals surface area contributed by atoms with Crippen molar-refractivity contribution >= 4 is 28.6 Å². The summed E-state index contributed by atoms with van der Waals surface area (Å²) in [4.78, 5) is 23.4. The van der Waals surface area contributed by atoms with Gasteiger partial charge in [-0.25, -0.2) is 4.98 Å². The van der Waals surface area contributed by atoms with E-state index in [1.165, 1.54) is 5.56 Å². The molecule has 0 aliphatic heterocycles. The summed E-state index contributed by atoms with van der Waals surface area (Å²) in [5.74, 6) is -0.191. The Morgan fingerprint density at radius 1 is 1.27 bits per heavy atom. The fraction of sp³-hybridized carbons (Fsp3) is 0.435. The van der Waals surface area contributed by atoms with Gasteiger partial charge in [-0.1, -0.05) is 25.5 Å². The Balaban J connectivity index is 1.62. The Morgan fingerprint density at radius 3 is 2.57 bits per heavy atom. The van der Waals surface area contributed by atoms with Gasteiger partial charge in [-0.15, -0.1) is 0 Å². The number of nitrogens with zero attached hydrogens (tertiary/aromatic N) is 4. The van der Waals surface area contributed by atoms with E-state index in [1.807, 2.05) is 43.1 Å². The predicted molar refractivity (Wildman–Crippen MR) is 118 cm³/mol. The smallest absolute Gasteiger partial charge is 0.311 e. The number of anilines is 2. The van der Waals surface area contributed by atoms with Crippen LogP contribution < -0.4 is 5.32 Å². The maximum absolute atomic E-state index is 12.1. The molecule has 158 valence electrons. The van der Waals surface area contributed by atoms with Gasteiger partial charge in [0.1, 0.15) is 5.65 Å². The van der Waals surface area contributed by atoms with Crippen molar-refractivity contribution in [3.05, 3.63) is 48.3 Å². The molecule has 1 atom stereocenters.